The van der Waals surface area contributed by atoms with Gasteiger partial charge in [-0.2, -0.15) is 0 Å². The van der Waals surface area contributed by atoms with Crippen LogP contribution in [0.3, 0.4) is 0 Å². The van der Waals surface area contributed by atoms with E-state index in [1.54, 1.807) is 0 Å². The molecule has 0 aliphatic rings. The number of hydrogen-bond acceptors (Lipinski definition) is 4. The van der Waals surface area contributed by atoms with E-state index in [-0.39, 0.29) is 17.8 Å². The number of carbonyl (C=O) groups is 1. The van der Waals surface area contributed by atoms with E-state index in [0.717, 1.165) is 5.56 Å². The van der Waals surface area contributed by atoms with Crippen LogP contribution in [-0.4, -0.2) is 21.0 Å². The first-order valence-electron chi connectivity index (χ1n) is 5.95. The second kappa shape index (κ2) is 5.92. The quantitative estimate of drug-likeness (QED) is 0.666. The summed E-state index contributed by atoms with van der Waals surface area (Å²) in [6, 6.07) is 11.5. The summed E-state index contributed by atoms with van der Waals surface area (Å²) in [6.45, 7) is 0. The maximum Gasteiger partial charge on any atom is 0.312 e. The summed E-state index contributed by atoms with van der Waals surface area (Å²) in [4.78, 5) is 25.5. The van der Waals surface area contributed by atoms with Crippen LogP contribution in [0.4, 0.5) is 5.69 Å². The first-order valence-corrected chi connectivity index (χ1v) is 5.95. The van der Waals surface area contributed by atoms with E-state index in [4.69, 9.17) is 0 Å². The van der Waals surface area contributed by atoms with E-state index >= 15 is 0 Å². The van der Waals surface area contributed by atoms with Gasteiger partial charge in [0.05, 0.1) is 10.6 Å². The zero-order valence-corrected chi connectivity index (χ0v) is 10.5. The first kappa shape index (κ1) is 13.7. The molecule has 0 amide bonds. The van der Waals surface area contributed by atoms with Crippen LogP contribution in [0.2, 0.25) is 0 Å². The van der Waals surface area contributed by atoms with Gasteiger partial charge >= 0.3 is 5.97 Å². The Labute approximate surface area is 114 Å². The second-order valence-corrected chi connectivity index (χ2v) is 4.28. The van der Waals surface area contributed by atoms with Gasteiger partial charge in [0.15, 0.2) is 0 Å². The third-order valence-electron chi connectivity index (χ3n) is 2.91. The van der Waals surface area contributed by atoms with Crippen molar-refractivity contribution in [2.45, 2.75) is 12.3 Å². The monoisotopic (exact) mass is 272 g/mol. The highest BCUT2D eigenvalue weighted by Crippen LogP contribution is 2.22. The number of rotatable bonds is 5. The third-order valence-corrected chi connectivity index (χ3v) is 2.91. The van der Waals surface area contributed by atoms with E-state index < -0.39 is 16.8 Å². The van der Waals surface area contributed by atoms with Crippen LogP contribution in [0, 0.1) is 10.1 Å². The van der Waals surface area contributed by atoms with Crippen molar-refractivity contribution in [1.82, 2.24) is 4.98 Å². The van der Waals surface area contributed by atoms with Gasteiger partial charge in [-0.1, -0.05) is 30.3 Å². The van der Waals surface area contributed by atoms with Crippen molar-refractivity contribution in [3.05, 3.63) is 70.0 Å². The smallest absolute Gasteiger partial charge is 0.312 e. The Balaban J connectivity index is 2.31. The van der Waals surface area contributed by atoms with Crippen molar-refractivity contribution in [1.29, 1.82) is 0 Å². The molecule has 0 saturated heterocycles. The van der Waals surface area contributed by atoms with Crippen LogP contribution in [-0.2, 0) is 11.2 Å². The highest BCUT2D eigenvalue weighted by Gasteiger charge is 2.23. The Morgan fingerprint density at radius 2 is 2.00 bits per heavy atom. The van der Waals surface area contributed by atoms with Gasteiger partial charge in [-0.3, -0.25) is 19.9 Å². The lowest BCUT2D eigenvalue weighted by atomic mass is 9.95. The van der Waals surface area contributed by atoms with Gasteiger partial charge < -0.3 is 5.11 Å². The maximum atomic E-state index is 11.4. The molecular formula is C14H12N2O4. The number of nitrogens with zero attached hydrogens (tertiary/aromatic N) is 2. The van der Waals surface area contributed by atoms with E-state index in [1.165, 1.54) is 18.3 Å². The van der Waals surface area contributed by atoms with Crippen LogP contribution >= 0.6 is 0 Å². The van der Waals surface area contributed by atoms with Crippen LogP contribution < -0.4 is 0 Å². The molecule has 1 aromatic heterocycles. The van der Waals surface area contributed by atoms with Gasteiger partial charge in [0, 0.05) is 18.3 Å². The number of carboxylic acids is 1. The predicted octanol–water partition coefficient (Wildman–Crippen LogP) is 2.40. The van der Waals surface area contributed by atoms with Crippen LogP contribution in [0.15, 0.2) is 48.7 Å². The Bertz CT molecular complexity index is 628. The molecule has 0 aliphatic carbocycles. The molecule has 2 rings (SSSR count). The largest absolute Gasteiger partial charge is 0.481 e. The Morgan fingerprint density at radius 1 is 1.30 bits per heavy atom. The number of aromatic nitrogens is 1. The minimum Gasteiger partial charge on any atom is -0.481 e. The van der Waals surface area contributed by atoms with Gasteiger partial charge in [0.25, 0.3) is 5.69 Å². The normalized spacial score (nSPS) is 11.8. The van der Waals surface area contributed by atoms with E-state index in [0.29, 0.717) is 0 Å². The van der Waals surface area contributed by atoms with Crippen molar-refractivity contribution < 1.29 is 14.8 Å². The van der Waals surface area contributed by atoms with Crippen LogP contribution in [0.25, 0.3) is 0 Å². The lowest BCUT2D eigenvalue weighted by molar-refractivity contribution is -0.385. The number of hydrogen-bond donors (Lipinski definition) is 1. The molecule has 20 heavy (non-hydrogen) atoms. The van der Waals surface area contributed by atoms with Gasteiger partial charge in [0.2, 0.25) is 0 Å². The van der Waals surface area contributed by atoms with Crippen molar-refractivity contribution in [3.8, 4) is 0 Å². The zero-order chi connectivity index (χ0) is 14.5. The van der Waals surface area contributed by atoms with Crippen molar-refractivity contribution >= 4 is 11.7 Å². The van der Waals surface area contributed by atoms with Gasteiger partial charge in [-0.05, 0) is 12.0 Å². The molecule has 0 spiro atoms. The molecule has 1 heterocycles. The topological polar surface area (TPSA) is 93.3 Å². The fourth-order valence-corrected chi connectivity index (χ4v) is 1.91. The summed E-state index contributed by atoms with van der Waals surface area (Å²) in [5, 5.41) is 20.0. The number of aliphatic carboxylic acids is 1. The lowest BCUT2D eigenvalue weighted by Gasteiger charge is -2.11. The Kier molecular flexibility index (Phi) is 4.05. The molecule has 6 heteroatoms. The van der Waals surface area contributed by atoms with Crippen molar-refractivity contribution in [3.63, 3.8) is 0 Å². The van der Waals surface area contributed by atoms with E-state index in [9.17, 15) is 20.0 Å². The summed E-state index contributed by atoms with van der Waals surface area (Å²) >= 11 is 0. The predicted molar refractivity (Wildman–Crippen MR) is 71.4 cm³/mol. The number of benzene rings is 1. The molecular weight excluding hydrogens is 260 g/mol. The molecule has 6 nitrogen and oxygen atoms in total. The highest BCUT2D eigenvalue weighted by atomic mass is 16.6. The fourth-order valence-electron chi connectivity index (χ4n) is 1.91. The summed E-state index contributed by atoms with van der Waals surface area (Å²) in [7, 11) is 0. The van der Waals surface area contributed by atoms with Crippen molar-refractivity contribution in [2.75, 3.05) is 0 Å². The summed E-state index contributed by atoms with van der Waals surface area (Å²) in [6.07, 6.45) is 1.50. The molecule has 2 aromatic rings. The highest BCUT2D eigenvalue weighted by molar-refractivity contribution is 5.76. The third kappa shape index (κ3) is 3.17. The minimum atomic E-state index is -1.05. The molecule has 0 fully saturated rings. The first-order chi connectivity index (χ1) is 9.58. The second-order valence-electron chi connectivity index (χ2n) is 4.28. The van der Waals surface area contributed by atoms with Crippen LogP contribution in [0.5, 0.6) is 0 Å². The molecule has 102 valence electrons. The molecule has 1 atom stereocenters. The minimum absolute atomic E-state index is 0.158. The SMILES string of the molecule is O=C(O)C(Cc1ccccc1)c1cc([N+](=O)[O-])ccn1. The Hall–Kier alpha value is -2.76. The number of pyridine rings is 1. The van der Waals surface area contributed by atoms with E-state index in [1.807, 2.05) is 30.3 Å². The number of nitro groups is 1. The molecule has 1 unspecified atom stereocenters. The molecule has 0 bridgehead atoms. The standard InChI is InChI=1S/C14H12N2O4/c17-14(18)12(8-10-4-2-1-3-5-10)13-9-11(16(19)20)6-7-15-13/h1-7,9,12H,8H2,(H,17,18). The molecule has 1 aromatic carbocycles. The molecule has 0 radical (unpaired) electrons. The summed E-state index contributed by atoms with van der Waals surface area (Å²) in [5.41, 5.74) is 0.873. The molecule has 0 aliphatic heterocycles. The number of carboxylic acid groups (broad SMARTS) is 1. The maximum absolute atomic E-state index is 11.4. The summed E-state index contributed by atoms with van der Waals surface area (Å²) < 4.78 is 0. The van der Waals surface area contributed by atoms with Gasteiger partial charge in [0.1, 0.15) is 5.92 Å². The average molecular weight is 272 g/mol. The fraction of sp³-hybridized carbons (Fsp3) is 0.143. The molecule has 0 saturated carbocycles. The lowest BCUT2D eigenvalue weighted by Crippen LogP contribution is -2.16. The average Bonchev–Trinajstić information content (AvgIpc) is 2.45. The Morgan fingerprint density at radius 3 is 2.60 bits per heavy atom. The van der Waals surface area contributed by atoms with Crippen LogP contribution in [0.1, 0.15) is 17.2 Å². The zero-order valence-electron chi connectivity index (χ0n) is 10.5. The van der Waals surface area contributed by atoms with Crippen molar-refractivity contribution in [2.24, 2.45) is 0 Å². The molecule has 1 N–H and O–H groups in total. The van der Waals surface area contributed by atoms with Gasteiger partial charge in [-0.25, -0.2) is 0 Å². The van der Waals surface area contributed by atoms with Gasteiger partial charge in [-0.15, -0.1) is 0 Å². The van der Waals surface area contributed by atoms with E-state index in [2.05, 4.69) is 4.98 Å². The summed E-state index contributed by atoms with van der Waals surface area (Å²) in [5.74, 6) is -1.96.